The average Bonchev–Trinajstić information content (AvgIpc) is 1.82. The molecule has 2 nitrogen and oxygen atoms in total. The van der Waals surface area contributed by atoms with Gasteiger partial charge in [0.25, 0.3) is 0 Å². The predicted octanol–water partition coefficient (Wildman–Crippen LogP) is 2.68. The maximum atomic E-state index is 2.27. The van der Waals surface area contributed by atoms with Crippen LogP contribution in [0.1, 0.15) is 42.5 Å². The second-order valence-electron chi connectivity index (χ2n) is 4.17. The van der Waals surface area contributed by atoms with Gasteiger partial charge in [-0.3, -0.25) is 9.48 Å². The molecule has 0 aliphatic heterocycles. The van der Waals surface area contributed by atoms with Crippen molar-refractivity contribution in [3.63, 3.8) is 0 Å². The van der Waals surface area contributed by atoms with E-state index in [9.17, 15) is 0 Å². The summed E-state index contributed by atoms with van der Waals surface area (Å²) in [7, 11) is 6.25. The smallest absolute Gasteiger partial charge is 0.243 e. The largest absolute Gasteiger partial charge is 0.271 e. The zero-order valence-electron chi connectivity index (χ0n) is 8.89. The Kier molecular flexibility index (Phi) is 8.45. The highest BCUT2D eigenvalue weighted by Crippen LogP contribution is 2.10. The molecule has 0 aliphatic rings. The topological polar surface area (TPSA) is 6.25 Å². The van der Waals surface area contributed by atoms with Gasteiger partial charge in [-0.15, -0.1) is 0 Å². The van der Waals surface area contributed by atoms with Crippen LogP contribution in [0.5, 0.6) is 0 Å². The van der Waals surface area contributed by atoms with E-state index in [2.05, 4.69) is 58.3 Å². The highest BCUT2D eigenvalue weighted by atomic mass is 15.2. The van der Waals surface area contributed by atoms with Crippen molar-refractivity contribution in [3.05, 3.63) is 0 Å². The van der Waals surface area contributed by atoms with Crippen LogP contribution in [0.2, 0.25) is 0 Å². The Hall–Kier alpha value is -0.530. The Labute approximate surface area is 85.3 Å². The van der Waals surface area contributed by atoms with E-state index >= 15 is 0 Å². The SMILES string of the molecule is C.C.CC(N(C)C(C)(C)C)=[N+](C)C. The maximum Gasteiger partial charge on any atom is 0.243 e. The molecule has 0 spiro atoms. The lowest BCUT2D eigenvalue weighted by Crippen LogP contribution is -2.44. The van der Waals surface area contributed by atoms with Crippen LogP contribution in [0, 0.1) is 0 Å². The Balaban J connectivity index is -0.000000500. The fraction of sp³-hybridized carbons (Fsp3) is 0.909. The molecule has 0 unspecified atom stereocenters. The average molecular weight is 189 g/mol. The van der Waals surface area contributed by atoms with Crippen molar-refractivity contribution < 1.29 is 4.58 Å². The van der Waals surface area contributed by atoms with Gasteiger partial charge in [0, 0.05) is 6.92 Å². The van der Waals surface area contributed by atoms with Gasteiger partial charge in [-0.25, -0.2) is 0 Å². The predicted molar refractivity (Wildman–Crippen MR) is 63.8 cm³/mol. The normalized spacial score (nSPS) is 9.46. The summed E-state index contributed by atoms with van der Waals surface area (Å²) in [4.78, 5) is 2.27. The molecule has 2 heteroatoms. The molecule has 0 heterocycles. The van der Waals surface area contributed by atoms with E-state index in [0.29, 0.717) is 0 Å². The molecule has 0 saturated carbocycles. The Bertz CT molecular complexity index is 159. The van der Waals surface area contributed by atoms with Gasteiger partial charge in [0.15, 0.2) is 0 Å². The van der Waals surface area contributed by atoms with Gasteiger partial charge in [0.2, 0.25) is 5.84 Å². The highest BCUT2D eigenvalue weighted by molar-refractivity contribution is 5.74. The van der Waals surface area contributed by atoms with Gasteiger partial charge in [-0.05, 0) is 20.8 Å². The molecular formula is C11H29N2+. The zero-order valence-corrected chi connectivity index (χ0v) is 8.89. The van der Waals surface area contributed by atoms with Crippen molar-refractivity contribution in [1.29, 1.82) is 0 Å². The first-order valence-corrected chi connectivity index (χ1v) is 4.01. The van der Waals surface area contributed by atoms with Gasteiger partial charge in [-0.2, -0.15) is 0 Å². The second kappa shape index (κ2) is 6.01. The van der Waals surface area contributed by atoms with Crippen LogP contribution in [0.4, 0.5) is 0 Å². The molecule has 0 aliphatic carbocycles. The summed E-state index contributed by atoms with van der Waals surface area (Å²) in [6.07, 6.45) is 0. The molecule has 0 N–H and O–H groups in total. The molecule has 0 radical (unpaired) electrons. The zero-order chi connectivity index (χ0) is 9.23. The van der Waals surface area contributed by atoms with Crippen molar-refractivity contribution >= 4 is 5.84 Å². The van der Waals surface area contributed by atoms with E-state index in [1.807, 2.05) is 0 Å². The Morgan fingerprint density at radius 2 is 1.38 bits per heavy atom. The van der Waals surface area contributed by atoms with Gasteiger partial charge >= 0.3 is 0 Å². The van der Waals surface area contributed by atoms with Gasteiger partial charge in [0.05, 0.1) is 26.7 Å². The number of hydrogen-bond donors (Lipinski definition) is 0. The van der Waals surface area contributed by atoms with Crippen molar-refractivity contribution in [2.45, 2.75) is 48.1 Å². The van der Waals surface area contributed by atoms with Crippen LogP contribution in [-0.4, -0.2) is 42.0 Å². The third-order valence-electron chi connectivity index (χ3n) is 2.14. The molecule has 0 amide bonds. The quantitative estimate of drug-likeness (QED) is 0.322. The lowest BCUT2D eigenvalue weighted by molar-refractivity contribution is -0.471. The molecule has 0 aromatic heterocycles. The summed E-state index contributed by atoms with van der Waals surface area (Å²) in [5.41, 5.74) is 0.217. The third kappa shape index (κ3) is 5.67. The molecule has 0 aromatic rings. The van der Waals surface area contributed by atoms with Crippen molar-refractivity contribution in [1.82, 2.24) is 4.90 Å². The monoisotopic (exact) mass is 189 g/mol. The van der Waals surface area contributed by atoms with E-state index < -0.39 is 0 Å². The lowest BCUT2D eigenvalue weighted by atomic mass is 10.1. The Morgan fingerprint density at radius 1 is 1.08 bits per heavy atom. The molecule has 13 heavy (non-hydrogen) atoms. The standard InChI is InChI=1S/C9H21N2.2CH4/c1-8(10(5)6)11(7)9(2,3)4;;/h1-7H3;2*1H4/q+1;;. The first kappa shape index (κ1) is 18.3. The van der Waals surface area contributed by atoms with Crippen molar-refractivity contribution in [2.24, 2.45) is 0 Å². The van der Waals surface area contributed by atoms with E-state index in [0.717, 1.165) is 0 Å². The van der Waals surface area contributed by atoms with Gasteiger partial charge < -0.3 is 0 Å². The molecule has 0 atom stereocenters. The number of nitrogens with zero attached hydrogens (tertiary/aromatic N) is 2. The lowest BCUT2D eigenvalue weighted by Gasteiger charge is -2.27. The minimum atomic E-state index is 0. The molecular weight excluding hydrogens is 160 g/mol. The van der Waals surface area contributed by atoms with Gasteiger partial charge in [-0.1, -0.05) is 14.9 Å². The first-order valence-electron chi connectivity index (χ1n) is 4.01. The van der Waals surface area contributed by atoms with Crippen molar-refractivity contribution in [2.75, 3.05) is 21.1 Å². The molecule has 0 fully saturated rings. The van der Waals surface area contributed by atoms with Crippen LogP contribution >= 0.6 is 0 Å². The van der Waals surface area contributed by atoms with Crippen LogP contribution in [0.15, 0.2) is 0 Å². The van der Waals surface area contributed by atoms with Crippen LogP contribution < -0.4 is 0 Å². The van der Waals surface area contributed by atoms with E-state index in [-0.39, 0.29) is 20.4 Å². The van der Waals surface area contributed by atoms with Crippen LogP contribution in [0.3, 0.4) is 0 Å². The third-order valence-corrected chi connectivity index (χ3v) is 2.14. The minimum Gasteiger partial charge on any atom is -0.271 e. The highest BCUT2D eigenvalue weighted by Gasteiger charge is 2.24. The van der Waals surface area contributed by atoms with E-state index in [1.54, 1.807) is 0 Å². The summed E-state index contributed by atoms with van der Waals surface area (Å²) >= 11 is 0. The van der Waals surface area contributed by atoms with E-state index in [4.69, 9.17) is 0 Å². The van der Waals surface area contributed by atoms with E-state index in [1.165, 1.54) is 5.84 Å². The number of amidine groups is 1. The van der Waals surface area contributed by atoms with Crippen LogP contribution in [-0.2, 0) is 0 Å². The van der Waals surface area contributed by atoms with Gasteiger partial charge in [0.1, 0.15) is 0 Å². The maximum absolute atomic E-state index is 2.27. The fourth-order valence-electron chi connectivity index (χ4n) is 0.785. The van der Waals surface area contributed by atoms with Crippen LogP contribution in [0.25, 0.3) is 0 Å². The fourth-order valence-corrected chi connectivity index (χ4v) is 0.785. The number of hydrogen-bond acceptors (Lipinski definition) is 0. The Morgan fingerprint density at radius 3 is 1.46 bits per heavy atom. The molecule has 0 saturated heterocycles. The first-order chi connectivity index (χ1) is 4.76. The molecule has 0 bridgehead atoms. The molecule has 0 aromatic carbocycles. The summed E-state index contributed by atoms with van der Waals surface area (Å²) in [6, 6.07) is 0. The number of rotatable bonds is 0. The summed E-state index contributed by atoms with van der Waals surface area (Å²) in [5, 5.41) is 0. The molecule has 0 rings (SSSR count). The second-order valence-corrected chi connectivity index (χ2v) is 4.17. The summed E-state index contributed by atoms with van der Waals surface area (Å²) in [6.45, 7) is 8.76. The summed E-state index contributed by atoms with van der Waals surface area (Å²) in [5.74, 6) is 1.29. The summed E-state index contributed by atoms with van der Waals surface area (Å²) < 4.78 is 2.13. The van der Waals surface area contributed by atoms with Crippen molar-refractivity contribution in [3.8, 4) is 0 Å². The minimum absolute atomic E-state index is 0. The molecule has 82 valence electrons.